The standard InChI is InChI=1S/C99H127FN12O31/c1-4-99(127)70-48-76-84-68(55-112(76)93(122)69(70)57-140-96(99)125)83-72(19-18-65-60(2)71(100)49-73(104-84)82(65)83)106-97(126)141-56-61-17-20-77(142-95-89(119)87(117)88(118)90(143-95)94(123)124)63(47-61)52-102-78(113)21-23-101-92(121)74(53-103-79(114)22-24-129-27-28-131-31-32-133-35-36-135-39-40-137-43-44-139-46-45-138-42-41-136-38-37-134-34-33-132-30-29-130-26-25-128-3)105-91(120)64-50-98(51-64)58-110(59-98)80(115)15-9-10-16-81(116)111-54-62-11-5-6-12-66(62)85-86(108-109-107-85)67-13-7-8-14-75(67)111/h5-8,11-14,17,20,47-49,64,72,74,87-90,95,117-119,127H,4,9-10,15-16,18-19,21-46,50-59H2,1-3H3,(H,101,121)(H,102,113)(H,103,114)(H,105,120)(H,106,126)(H,123,124)(H,107,108,109)/t72-,74-,87-,88-,89+,90-,95+,99-/m0/s1. The number of benzene rings is 4. The largest absolute Gasteiger partial charge is 0.479 e. The molecule has 1 spiro atoms. The summed E-state index contributed by atoms with van der Waals surface area (Å²) in [6.07, 6.45) is -8.92. The molecule has 7 aliphatic rings. The summed E-state index contributed by atoms with van der Waals surface area (Å²) < 4.78 is 106. The van der Waals surface area contributed by atoms with Crippen LogP contribution in [0.15, 0.2) is 83.7 Å². The number of nitrogens with zero attached hydrogens (tertiary/aromatic N) is 6. The number of fused-ring (bicyclic) bond motifs is 10. The Labute approximate surface area is 823 Å². The molecule has 5 aliphatic heterocycles. The number of hydrogen-bond donors (Lipinski definition) is 11. The minimum absolute atomic E-state index is 0.0197. The number of esters is 1. The van der Waals surface area contributed by atoms with Crippen LogP contribution < -0.4 is 41.8 Å². The zero-order valence-electron chi connectivity index (χ0n) is 80.4. The molecular formula is C99H127FN12O31. The maximum Gasteiger partial charge on any atom is 0.407 e. The molecule has 143 heavy (non-hydrogen) atoms. The van der Waals surface area contributed by atoms with Crippen LogP contribution >= 0.6 is 0 Å². The van der Waals surface area contributed by atoms with Gasteiger partial charge in [0.25, 0.3) is 5.56 Å². The number of pyridine rings is 2. The number of aliphatic hydroxyl groups is 4. The number of aliphatic carboxylic acids is 1. The maximum absolute atomic E-state index is 15.8. The Morgan fingerprint density at radius 2 is 1.21 bits per heavy atom. The first kappa shape index (κ1) is 107. The van der Waals surface area contributed by atoms with Crippen molar-refractivity contribution < 1.29 is 149 Å². The number of aryl methyl sites for hydroxylation is 1. The number of carboxylic acids is 1. The van der Waals surface area contributed by atoms with Crippen LogP contribution in [-0.4, -0.2) is 331 Å². The number of amides is 7. The van der Waals surface area contributed by atoms with Gasteiger partial charge in [-0.2, -0.15) is 15.4 Å². The summed E-state index contributed by atoms with van der Waals surface area (Å²) >= 11 is 0. The normalized spacial score (nSPS) is 19.1. The zero-order valence-corrected chi connectivity index (χ0v) is 80.4. The van der Waals surface area contributed by atoms with Gasteiger partial charge in [-0.25, -0.2) is 23.8 Å². The van der Waals surface area contributed by atoms with Gasteiger partial charge in [-0.3, -0.25) is 33.6 Å². The number of carbonyl (C=O) groups is 9. The lowest BCUT2D eigenvalue weighted by Gasteiger charge is -2.58. The van der Waals surface area contributed by atoms with E-state index in [1.165, 1.54) is 34.9 Å². The van der Waals surface area contributed by atoms with Gasteiger partial charge in [0.2, 0.25) is 41.7 Å². The highest BCUT2D eigenvalue weighted by atomic mass is 19.1. The summed E-state index contributed by atoms with van der Waals surface area (Å²) in [6, 6.07) is 20.2. The number of H-pyrrole nitrogens is 1. The Morgan fingerprint density at radius 1 is 0.629 bits per heavy atom. The molecule has 0 bridgehead atoms. The lowest BCUT2D eigenvalue weighted by Crippen LogP contribution is -2.66. The monoisotopic (exact) mass is 2000 g/mol. The van der Waals surface area contributed by atoms with Gasteiger partial charge in [-0.05, 0) is 104 Å². The molecule has 14 rings (SSSR count). The molecule has 43 nitrogen and oxygen atoms in total. The predicted molar refractivity (Wildman–Crippen MR) is 504 cm³/mol. The number of aromatic nitrogens is 5. The predicted octanol–water partition coefficient (Wildman–Crippen LogP) is 3.45. The van der Waals surface area contributed by atoms with Gasteiger partial charge in [-0.15, -0.1) is 0 Å². The van der Waals surface area contributed by atoms with E-state index in [1.807, 2.05) is 48.5 Å². The van der Waals surface area contributed by atoms with Crippen molar-refractivity contribution in [3.8, 4) is 39.7 Å². The molecule has 3 fully saturated rings. The Bertz CT molecular complexity index is 5620. The number of methoxy groups -OCH3 is 1. The quantitative estimate of drug-likeness (QED) is 0.0192. The fraction of sp³-hybridized carbons (Fsp3) is 0.566. The van der Waals surface area contributed by atoms with Crippen molar-refractivity contribution in [3.05, 3.63) is 145 Å². The van der Waals surface area contributed by atoms with E-state index >= 15 is 4.39 Å². The lowest BCUT2D eigenvalue weighted by atomic mass is 9.57. The van der Waals surface area contributed by atoms with Gasteiger partial charge < -0.3 is 142 Å². The Balaban J connectivity index is 0.530. The van der Waals surface area contributed by atoms with E-state index in [-0.39, 0.29) is 160 Å². The molecule has 4 aromatic carbocycles. The summed E-state index contributed by atoms with van der Waals surface area (Å²) in [7, 11) is 1.62. The Hall–Kier alpha value is -11.5. The molecule has 0 radical (unpaired) electrons. The van der Waals surface area contributed by atoms with Crippen LogP contribution in [0, 0.1) is 24.1 Å². The van der Waals surface area contributed by atoms with Crippen LogP contribution in [0.5, 0.6) is 5.75 Å². The summed E-state index contributed by atoms with van der Waals surface area (Å²) in [5.74, 6) is -6.40. The number of cyclic esters (lactones) is 1. The minimum atomic E-state index is -2.13. The van der Waals surface area contributed by atoms with Gasteiger partial charge in [0, 0.05) is 116 Å². The highest BCUT2D eigenvalue weighted by molar-refractivity contribution is 6.00. The molecule has 3 aromatic heterocycles. The number of hydrogen-bond acceptors (Lipinski definition) is 33. The number of unbranched alkanes of at least 4 members (excludes halogenated alkanes) is 1. The highest BCUT2D eigenvalue weighted by Gasteiger charge is 2.56. The number of likely N-dealkylation sites (tertiary alicyclic amines) is 1. The second kappa shape index (κ2) is 52.3. The number of rotatable bonds is 58. The maximum atomic E-state index is 15.8. The van der Waals surface area contributed by atoms with Crippen molar-refractivity contribution in [2.75, 3.05) is 190 Å². The topological polar surface area (TPSA) is 546 Å². The molecule has 0 unspecified atom stereocenters. The molecule has 8 heterocycles. The molecule has 2 aliphatic carbocycles. The Kier molecular flexibility index (Phi) is 39.2. The number of alkyl carbamates (subject to hydrolysis) is 1. The summed E-state index contributed by atoms with van der Waals surface area (Å²) in [5.41, 5.74) is 5.05. The third-order valence-electron chi connectivity index (χ3n) is 26.2. The summed E-state index contributed by atoms with van der Waals surface area (Å²) in [4.78, 5) is 146. The number of carboxylic acid groups (broad SMARTS) is 1. The van der Waals surface area contributed by atoms with Gasteiger partial charge in [-0.1, -0.05) is 55.5 Å². The molecule has 776 valence electrons. The van der Waals surface area contributed by atoms with Crippen LogP contribution in [0.25, 0.3) is 44.8 Å². The van der Waals surface area contributed by atoms with E-state index in [0.29, 0.717) is 222 Å². The van der Waals surface area contributed by atoms with Gasteiger partial charge >= 0.3 is 18.0 Å². The summed E-state index contributed by atoms with van der Waals surface area (Å²) in [5, 5.41) is 79.8. The first-order valence-electron chi connectivity index (χ1n) is 48.4. The number of para-hydroxylation sites is 1. The van der Waals surface area contributed by atoms with Gasteiger partial charge in [0.15, 0.2) is 11.7 Å². The first-order valence-corrected chi connectivity index (χ1v) is 48.4. The van der Waals surface area contributed by atoms with Crippen molar-refractivity contribution in [1.29, 1.82) is 0 Å². The fourth-order valence-corrected chi connectivity index (χ4v) is 18.5. The number of halogens is 1. The van der Waals surface area contributed by atoms with Crippen molar-refractivity contribution in [2.45, 2.75) is 166 Å². The second-order valence-electron chi connectivity index (χ2n) is 35.8. The molecular weight excluding hydrogens is 1870 g/mol. The molecule has 44 heteroatoms. The van der Waals surface area contributed by atoms with Crippen LogP contribution in [0.2, 0.25) is 0 Å². The van der Waals surface area contributed by atoms with Crippen molar-refractivity contribution in [1.82, 2.24) is 56.4 Å². The van der Waals surface area contributed by atoms with E-state index in [2.05, 4.69) is 42.0 Å². The first-order chi connectivity index (χ1) is 69.4. The van der Waals surface area contributed by atoms with Gasteiger partial charge in [0.1, 0.15) is 60.5 Å². The van der Waals surface area contributed by atoms with E-state index in [1.54, 1.807) is 30.8 Å². The zero-order chi connectivity index (χ0) is 101. The van der Waals surface area contributed by atoms with Crippen LogP contribution in [-0.2, 0) is 154 Å². The third-order valence-corrected chi connectivity index (χ3v) is 26.2. The van der Waals surface area contributed by atoms with Crippen molar-refractivity contribution in [3.63, 3.8) is 0 Å². The lowest BCUT2D eigenvalue weighted by molar-refractivity contribution is -0.271. The van der Waals surface area contributed by atoms with E-state index in [9.17, 15) is 73.5 Å². The minimum Gasteiger partial charge on any atom is -0.479 e. The third kappa shape index (κ3) is 27.6. The second-order valence-corrected chi connectivity index (χ2v) is 35.8. The average Bonchev–Trinajstić information content (AvgIpc) is 1.58. The smallest absolute Gasteiger partial charge is 0.407 e. The van der Waals surface area contributed by atoms with E-state index in [0.717, 1.165) is 16.7 Å². The van der Waals surface area contributed by atoms with Crippen LogP contribution in [0.4, 0.5) is 14.9 Å². The number of carbonyl (C=O) groups excluding carboxylic acids is 8. The number of anilines is 1. The molecule has 11 N–H and O–H groups in total. The van der Waals surface area contributed by atoms with Crippen LogP contribution in [0.3, 0.4) is 0 Å². The average molecular weight is 2000 g/mol. The number of aliphatic hydroxyl groups excluding tert-OH is 3. The Morgan fingerprint density at radius 3 is 1.83 bits per heavy atom. The molecule has 1 saturated carbocycles. The van der Waals surface area contributed by atoms with Crippen molar-refractivity contribution >= 4 is 70.1 Å². The number of ether oxygens (including phenoxy) is 16. The molecule has 7 amide bonds. The molecule has 2 saturated heterocycles. The highest BCUT2D eigenvalue weighted by Crippen LogP contribution is 2.53. The van der Waals surface area contributed by atoms with E-state index < -0.39 is 114 Å². The molecule has 7 aromatic rings. The van der Waals surface area contributed by atoms with Crippen LogP contribution in [0.1, 0.15) is 127 Å². The van der Waals surface area contributed by atoms with Crippen molar-refractivity contribution in [2.24, 2.45) is 11.3 Å². The van der Waals surface area contributed by atoms with E-state index in [4.69, 9.17) is 80.8 Å². The number of nitrogens with one attached hydrogen (secondary N) is 6. The summed E-state index contributed by atoms with van der Waals surface area (Å²) in [6.45, 7) is 11.3. The SMILES string of the molecule is CC[C@@]1(O)C(=O)OCc2c1cc1n(c2=O)Cc2c-1nc1cc(F)c(C)c3c1c2[C@@H](NC(=O)OCc1ccc(O[C@@H]2O[C@H](C(=O)O)[C@@H](O)[C@H](O)[C@H]2O)c(CNC(=O)CCNC(=O)[C@H](CNC(=O)CCOCCOCCOCCOCCOCCOCCOCCOCCOCCOCCOCCOC)NC(=O)C2CC4(C2)CN(C(=O)CCCCC(=O)N2Cc5ccccc5-c5n[nH]nc5-c5ccccc52)C4)c1)CC3. The molecule has 8 atom stereocenters. The number of aromatic amines is 1. The fourth-order valence-electron chi connectivity index (χ4n) is 18.5. The van der Waals surface area contributed by atoms with Gasteiger partial charge in [0.05, 0.1) is 199 Å².